The molecule has 22 heavy (non-hydrogen) atoms. The molecule has 0 saturated carbocycles. The highest BCUT2D eigenvalue weighted by atomic mass is 35.5. The van der Waals surface area contributed by atoms with Gasteiger partial charge in [0, 0.05) is 10.7 Å². The van der Waals surface area contributed by atoms with Crippen molar-refractivity contribution < 1.29 is 14.4 Å². The maximum absolute atomic E-state index is 12.5. The Morgan fingerprint density at radius 2 is 1.77 bits per heavy atom. The normalized spacial score (nSPS) is 13.3. The highest BCUT2D eigenvalue weighted by Gasteiger charge is 2.37. The molecule has 3 rings (SSSR count). The first-order valence-electron chi connectivity index (χ1n) is 6.52. The van der Waals surface area contributed by atoms with Crippen LogP contribution in [0, 0.1) is 6.92 Å². The number of nitrogens with one attached hydrogen (secondary N) is 1. The zero-order valence-corrected chi connectivity index (χ0v) is 12.3. The Morgan fingerprint density at radius 1 is 1.05 bits per heavy atom. The van der Waals surface area contributed by atoms with E-state index < -0.39 is 5.91 Å². The number of carbonyl (C=O) groups excluding carboxylic acids is 3. The van der Waals surface area contributed by atoms with Crippen molar-refractivity contribution in [3.05, 3.63) is 58.1 Å². The summed E-state index contributed by atoms with van der Waals surface area (Å²) in [4.78, 5) is 36.6. The Morgan fingerprint density at radius 3 is 2.45 bits per heavy atom. The molecule has 0 spiro atoms. The Bertz CT molecular complexity index is 817. The fourth-order valence-electron chi connectivity index (χ4n) is 2.50. The second-order valence-electron chi connectivity index (χ2n) is 4.90. The Labute approximate surface area is 131 Å². The van der Waals surface area contributed by atoms with Crippen LogP contribution in [-0.4, -0.2) is 18.2 Å². The van der Waals surface area contributed by atoms with E-state index in [1.54, 1.807) is 37.3 Å². The van der Waals surface area contributed by atoms with Crippen LogP contribution in [-0.2, 0) is 4.79 Å². The molecule has 2 aromatic carbocycles. The minimum absolute atomic E-state index is 0.298. The molecule has 1 aliphatic heterocycles. The molecule has 0 atom stereocenters. The first-order valence-corrected chi connectivity index (χ1v) is 6.90. The number of amides is 3. The predicted octanol–water partition coefficient (Wildman–Crippen LogP) is 3.02. The molecule has 0 bridgehead atoms. The number of fused-ring (bicyclic) bond motifs is 1. The van der Waals surface area contributed by atoms with Gasteiger partial charge in [0.1, 0.15) is 0 Å². The number of nitrogens with zero attached hydrogens (tertiary/aromatic N) is 1. The summed E-state index contributed by atoms with van der Waals surface area (Å²) in [5.74, 6) is -0.780. The van der Waals surface area contributed by atoms with Crippen LogP contribution in [0.15, 0.2) is 36.4 Å². The number of anilines is 2. The molecule has 1 heterocycles. The van der Waals surface area contributed by atoms with Gasteiger partial charge in [0.05, 0.1) is 16.8 Å². The van der Waals surface area contributed by atoms with Crippen molar-refractivity contribution >= 4 is 41.2 Å². The summed E-state index contributed by atoms with van der Waals surface area (Å²) in [6, 6.07) is 9.58. The summed E-state index contributed by atoms with van der Waals surface area (Å²) >= 11 is 5.89. The van der Waals surface area contributed by atoms with Crippen molar-refractivity contribution in [1.29, 1.82) is 0 Å². The summed E-state index contributed by atoms with van der Waals surface area (Å²) in [6.07, 6.45) is 0.568. The molecule has 3 amide bonds. The van der Waals surface area contributed by atoms with Gasteiger partial charge in [-0.15, -0.1) is 0 Å². The molecule has 2 aromatic rings. The third kappa shape index (κ3) is 2.16. The average Bonchev–Trinajstić information content (AvgIpc) is 2.72. The third-order valence-electron chi connectivity index (χ3n) is 3.51. The van der Waals surface area contributed by atoms with Gasteiger partial charge in [-0.05, 0) is 48.9 Å². The lowest BCUT2D eigenvalue weighted by Gasteiger charge is -2.17. The number of benzene rings is 2. The molecule has 0 radical (unpaired) electrons. The fourth-order valence-corrected chi connectivity index (χ4v) is 2.67. The number of rotatable bonds is 3. The number of hydrogen-bond donors (Lipinski definition) is 1. The van der Waals surface area contributed by atoms with E-state index in [4.69, 9.17) is 11.6 Å². The average molecular weight is 315 g/mol. The van der Waals surface area contributed by atoms with Crippen LogP contribution in [0.4, 0.5) is 11.4 Å². The van der Waals surface area contributed by atoms with Gasteiger partial charge < -0.3 is 5.32 Å². The molecule has 0 aliphatic carbocycles. The summed E-state index contributed by atoms with van der Waals surface area (Å²) < 4.78 is 0. The summed E-state index contributed by atoms with van der Waals surface area (Å²) in [7, 11) is 0. The second kappa shape index (κ2) is 5.27. The number of imide groups is 1. The van der Waals surface area contributed by atoms with Crippen molar-refractivity contribution in [2.24, 2.45) is 0 Å². The smallest absolute Gasteiger partial charge is 0.266 e. The van der Waals surface area contributed by atoms with Gasteiger partial charge in [-0.25, -0.2) is 4.90 Å². The molecule has 5 nitrogen and oxygen atoms in total. The number of aryl methyl sites for hydroxylation is 1. The minimum atomic E-state index is -0.401. The van der Waals surface area contributed by atoms with Gasteiger partial charge >= 0.3 is 0 Å². The van der Waals surface area contributed by atoms with Crippen LogP contribution in [0.25, 0.3) is 0 Å². The van der Waals surface area contributed by atoms with Crippen LogP contribution < -0.4 is 10.2 Å². The van der Waals surface area contributed by atoms with Crippen LogP contribution in [0.5, 0.6) is 0 Å². The second-order valence-corrected chi connectivity index (χ2v) is 5.34. The van der Waals surface area contributed by atoms with Crippen LogP contribution in [0.1, 0.15) is 26.3 Å². The molecular formula is C16H11ClN2O3. The maximum Gasteiger partial charge on any atom is 0.266 e. The molecule has 0 unspecified atom stereocenters. The standard InChI is InChI=1S/C16H11ClN2O3/c1-9-6-11(18-8-20)3-5-14(9)19-15(21)12-4-2-10(17)7-13(12)16(19)22/h2-8H,1H3,(H,18,20). The Kier molecular flexibility index (Phi) is 3.42. The molecule has 6 heteroatoms. The molecule has 0 fully saturated rings. The van der Waals surface area contributed by atoms with E-state index in [1.165, 1.54) is 6.07 Å². The van der Waals surface area contributed by atoms with Crippen molar-refractivity contribution in [2.45, 2.75) is 6.92 Å². The third-order valence-corrected chi connectivity index (χ3v) is 3.75. The molecule has 1 N–H and O–H groups in total. The SMILES string of the molecule is Cc1cc(NC=O)ccc1N1C(=O)c2ccc(Cl)cc2C1=O. The quantitative estimate of drug-likeness (QED) is 0.699. The molecule has 0 aromatic heterocycles. The highest BCUT2D eigenvalue weighted by molar-refractivity contribution is 6.36. The number of halogens is 1. The fraction of sp³-hybridized carbons (Fsp3) is 0.0625. The Hall–Kier alpha value is -2.66. The lowest BCUT2D eigenvalue weighted by molar-refractivity contribution is -0.105. The van der Waals surface area contributed by atoms with E-state index in [2.05, 4.69) is 5.32 Å². The van der Waals surface area contributed by atoms with Gasteiger partial charge in [-0.2, -0.15) is 0 Å². The first-order chi connectivity index (χ1) is 10.5. The highest BCUT2D eigenvalue weighted by Crippen LogP contribution is 2.32. The minimum Gasteiger partial charge on any atom is -0.329 e. The van der Waals surface area contributed by atoms with Gasteiger partial charge in [0.25, 0.3) is 11.8 Å². The van der Waals surface area contributed by atoms with Gasteiger partial charge in [-0.3, -0.25) is 14.4 Å². The molecule has 1 aliphatic rings. The van der Waals surface area contributed by atoms with E-state index in [1.807, 2.05) is 0 Å². The lowest BCUT2D eigenvalue weighted by atomic mass is 10.1. The predicted molar refractivity (Wildman–Crippen MR) is 83.5 cm³/mol. The molecular weight excluding hydrogens is 304 g/mol. The largest absolute Gasteiger partial charge is 0.329 e. The first kappa shape index (κ1) is 14.3. The lowest BCUT2D eigenvalue weighted by Crippen LogP contribution is -2.30. The van der Waals surface area contributed by atoms with Crippen LogP contribution >= 0.6 is 11.6 Å². The van der Waals surface area contributed by atoms with Crippen molar-refractivity contribution in [2.75, 3.05) is 10.2 Å². The van der Waals surface area contributed by atoms with E-state index in [9.17, 15) is 14.4 Å². The van der Waals surface area contributed by atoms with Crippen molar-refractivity contribution in [1.82, 2.24) is 0 Å². The summed E-state index contributed by atoms with van der Waals surface area (Å²) in [6.45, 7) is 1.77. The van der Waals surface area contributed by atoms with Crippen molar-refractivity contribution in [3.63, 3.8) is 0 Å². The number of hydrogen-bond acceptors (Lipinski definition) is 3. The topological polar surface area (TPSA) is 66.5 Å². The maximum atomic E-state index is 12.5. The number of carbonyl (C=O) groups is 3. The van der Waals surface area contributed by atoms with Crippen LogP contribution in [0.2, 0.25) is 5.02 Å². The monoisotopic (exact) mass is 314 g/mol. The van der Waals surface area contributed by atoms with E-state index in [0.29, 0.717) is 39.5 Å². The van der Waals surface area contributed by atoms with Gasteiger partial charge in [-0.1, -0.05) is 11.6 Å². The summed E-state index contributed by atoms with van der Waals surface area (Å²) in [5.41, 5.74) is 2.41. The zero-order chi connectivity index (χ0) is 15.9. The van der Waals surface area contributed by atoms with Gasteiger partial charge in [0.2, 0.25) is 6.41 Å². The van der Waals surface area contributed by atoms with Gasteiger partial charge in [0.15, 0.2) is 0 Å². The molecule has 110 valence electrons. The van der Waals surface area contributed by atoms with E-state index >= 15 is 0 Å². The van der Waals surface area contributed by atoms with E-state index in [0.717, 1.165) is 4.90 Å². The summed E-state index contributed by atoms with van der Waals surface area (Å²) in [5, 5.41) is 2.93. The van der Waals surface area contributed by atoms with E-state index in [-0.39, 0.29) is 5.91 Å². The van der Waals surface area contributed by atoms with Crippen molar-refractivity contribution in [3.8, 4) is 0 Å². The Balaban J connectivity index is 2.05. The van der Waals surface area contributed by atoms with Crippen LogP contribution in [0.3, 0.4) is 0 Å². The zero-order valence-electron chi connectivity index (χ0n) is 11.6. The molecule has 0 saturated heterocycles.